The molecule has 0 amide bonds. The SMILES string of the molecule is CC(C)COCCCN=C(N)Nc1ccc2c(c1)CCC2.I. The molecule has 22 heavy (non-hydrogen) atoms. The number of rotatable bonds is 7. The van der Waals surface area contributed by atoms with E-state index >= 15 is 0 Å². The molecule has 0 aromatic heterocycles. The Morgan fingerprint density at radius 1 is 1.32 bits per heavy atom. The standard InChI is InChI=1S/C17H27N3O.HI/c1-13(2)12-21-10-4-9-19-17(18)20-16-8-7-14-5-3-6-15(14)11-16;/h7-8,11,13H,3-6,9-10,12H2,1-2H3,(H3,18,19,20);1H. The Labute approximate surface area is 150 Å². The van der Waals surface area contributed by atoms with Gasteiger partial charge in [0.05, 0.1) is 0 Å². The molecule has 124 valence electrons. The van der Waals surface area contributed by atoms with E-state index < -0.39 is 0 Å². The van der Waals surface area contributed by atoms with E-state index in [-0.39, 0.29) is 24.0 Å². The van der Waals surface area contributed by atoms with E-state index in [0.717, 1.165) is 25.3 Å². The van der Waals surface area contributed by atoms with Crippen molar-refractivity contribution in [1.82, 2.24) is 0 Å². The molecular weight excluding hydrogens is 389 g/mol. The minimum Gasteiger partial charge on any atom is -0.381 e. The summed E-state index contributed by atoms with van der Waals surface area (Å²) >= 11 is 0. The second-order valence-corrected chi connectivity index (χ2v) is 6.05. The van der Waals surface area contributed by atoms with Crippen LogP contribution in [0.3, 0.4) is 0 Å². The number of guanidine groups is 1. The summed E-state index contributed by atoms with van der Waals surface area (Å²) in [6.45, 7) is 6.55. The zero-order valence-corrected chi connectivity index (χ0v) is 15.9. The van der Waals surface area contributed by atoms with Crippen LogP contribution in [0.1, 0.15) is 37.8 Å². The number of aliphatic imine (C=N–C) groups is 1. The molecule has 0 heterocycles. The van der Waals surface area contributed by atoms with Crippen LogP contribution >= 0.6 is 24.0 Å². The Morgan fingerprint density at radius 2 is 2.09 bits per heavy atom. The average Bonchev–Trinajstić information content (AvgIpc) is 2.89. The molecule has 1 aliphatic rings. The number of anilines is 1. The van der Waals surface area contributed by atoms with E-state index in [1.807, 2.05) is 0 Å². The molecular formula is C17H28IN3O. The smallest absolute Gasteiger partial charge is 0.193 e. The van der Waals surface area contributed by atoms with E-state index in [9.17, 15) is 0 Å². The molecule has 1 aliphatic carbocycles. The van der Waals surface area contributed by atoms with Crippen LogP contribution in [-0.4, -0.2) is 25.7 Å². The number of nitrogens with zero attached hydrogens (tertiary/aromatic N) is 1. The Kier molecular flexibility index (Phi) is 8.78. The predicted octanol–water partition coefficient (Wildman–Crippen LogP) is 3.58. The van der Waals surface area contributed by atoms with Gasteiger partial charge in [0.25, 0.3) is 0 Å². The third-order valence-electron chi connectivity index (χ3n) is 3.55. The number of ether oxygens (including phenoxy) is 1. The number of nitrogens with two attached hydrogens (primary N) is 1. The molecule has 1 aromatic rings. The number of fused-ring (bicyclic) bond motifs is 1. The largest absolute Gasteiger partial charge is 0.381 e. The van der Waals surface area contributed by atoms with Crippen LogP contribution in [0.4, 0.5) is 5.69 Å². The molecule has 0 saturated heterocycles. The van der Waals surface area contributed by atoms with Gasteiger partial charge in [0.15, 0.2) is 5.96 Å². The van der Waals surface area contributed by atoms with Gasteiger partial charge in [-0.3, -0.25) is 4.99 Å². The summed E-state index contributed by atoms with van der Waals surface area (Å²) in [6, 6.07) is 6.46. The molecule has 1 aromatic carbocycles. The van der Waals surface area contributed by atoms with Crippen molar-refractivity contribution in [2.45, 2.75) is 39.5 Å². The molecule has 0 saturated carbocycles. The summed E-state index contributed by atoms with van der Waals surface area (Å²) < 4.78 is 5.52. The molecule has 0 spiro atoms. The van der Waals surface area contributed by atoms with Crippen molar-refractivity contribution in [1.29, 1.82) is 0 Å². The highest BCUT2D eigenvalue weighted by molar-refractivity contribution is 14.0. The molecule has 0 radical (unpaired) electrons. The fourth-order valence-electron chi connectivity index (χ4n) is 2.52. The van der Waals surface area contributed by atoms with Gasteiger partial charge in [0.2, 0.25) is 0 Å². The zero-order valence-electron chi connectivity index (χ0n) is 13.6. The van der Waals surface area contributed by atoms with E-state index in [1.54, 1.807) is 0 Å². The van der Waals surface area contributed by atoms with Gasteiger partial charge in [-0.15, -0.1) is 24.0 Å². The Balaban J connectivity index is 0.00000242. The topological polar surface area (TPSA) is 59.6 Å². The molecule has 0 atom stereocenters. The van der Waals surface area contributed by atoms with Crippen molar-refractivity contribution in [2.75, 3.05) is 25.1 Å². The lowest BCUT2D eigenvalue weighted by atomic mass is 10.1. The summed E-state index contributed by atoms with van der Waals surface area (Å²) in [5.41, 5.74) is 9.86. The maximum absolute atomic E-state index is 5.91. The first kappa shape index (κ1) is 19.2. The number of halogens is 1. The Bertz CT molecular complexity index is 489. The summed E-state index contributed by atoms with van der Waals surface area (Å²) in [7, 11) is 0. The summed E-state index contributed by atoms with van der Waals surface area (Å²) in [4.78, 5) is 4.33. The highest BCUT2D eigenvalue weighted by Gasteiger charge is 2.10. The highest BCUT2D eigenvalue weighted by Crippen LogP contribution is 2.24. The zero-order chi connectivity index (χ0) is 15.1. The number of hydrogen-bond donors (Lipinski definition) is 2. The average molecular weight is 417 g/mol. The van der Waals surface area contributed by atoms with Crippen LogP contribution in [0, 0.1) is 5.92 Å². The summed E-state index contributed by atoms with van der Waals surface area (Å²) in [5, 5.41) is 3.17. The highest BCUT2D eigenvalue weighted by atomic mass is 127. The number of nitrogens with one attached hydrogen (secondary N) is 1. The van der Waals surface area contributed by atoms with Crippen LogP contribution in [0.5, 0.6) is 0 Å². The van der Waals surface area contributed by atoms with Crippen molar-refractivity contribution in [3.8, 4) is 0 Å². The second kappa shape index (κ2) is 10.0. The normalized spacial score (nSPS) is 13.9. The Morgan fingerprint density at radius 3 is 2.86 bits per heavy atom. The minimum absolute atomic E-state index is 0. The van der Waals surface area contributed by atoms with Gasteiger partial charge in [0.1, 0.15) is 0 Å². The third kappa shape index (κ3) is 6.52. The third-order valence-corrected chi connectivity index (χ3v) is 3.55. The fraction of sp³-hybridized carbons (Fsp3) is 0.588. The molecule has 5 heteroatoms. The van der Waals surface area contributed by atoms with Crippen molar-refractivity contribution in [3.63, 3.8) is 0 Å². The van der Waals surface area contributed by atoms with Crippen molar-refractivity contribution >= 4 is 35.6 Å². The first-order valence-electron chi connectivity index (χ1n) is 7.91. The molecule has 0 bridgehead atoms. The summed E-state index contributed by atoms with van der Waals surface area (Å²) in [5.74, 6) is 1.07. The van der Waals surface area contributed by atoms with Gasteiger partial charge < -0.3 is 15.8 Å². The van der Waals surface area contributed by atoms with Crippen molar-refractivity contribution in [3.05, 3.63) is 29.3 Å². The lowest BCUT2D eigenvalue weighted by Gasteiger charge is -2.08. The van der Waals surface area contributed by atoms with Gasteiger partial charge in [-0.25, -0.2) is 0 Å². The molecule has 0 aliphatic heterocycles. The maximum atomic E-state index is 5.91. The molecule has 3 N–H and O–H groups in total. The van der Waals surface area contributed by atoms with E-state index in [0.29, 0.717) is 18.4 Å². The first-order chi connectivity index (χ1) is 10.1. The second-order valence-electron chi connectivity index (χ2n) is 6.05. The monoisotopic (exact) mass is 417 g/mol. The lowest BCUT2D eigenvalue weighted by Crippen LogP contribution is -2.23. The van der Waals surface area contributed by atoms with Crippen LogP contribution in [0.2, 0.25) is 0 Å². The maximum Gasteiger partial charge on any atom is 0.193 e. The Hall–Kier alpha value is -0.820. The molecule has 0 fully saturated rings. The fourth-order valence-corrected chi connectivity index (χ4v) is 2.52. The lowest BCUT2D eigenvalue weighted by molar-refractivity contribution is 0.109. The van der Waals surface area contributed by atoms with Gasteiger partial charge >= 0.3 is 0 Å². The molecule has 0 unspecified atom stereocenters. The van der Waals surface area contributed by atoms with E-state index in [1.165, 1.54) is 30.4 Å². The first-order valence-corrected chi connectivity index (χ1v) is 7.91. The predicted molar refractivity (Wildman–Crippen MR) is 104 cm³/mol. The van der Waals surface area contributed by atoms with Crippen LogP contribution in [0.15, 0.2) is 23.2 Å². The molecule has 4 nitrogen and oxygen atoms in total. The van der Waals surface area contributed by atoms with Crippen molar-refractivity contribution in [2.24, 2.45) is 16.6 Å². The summed E-state index contributed by atoms with van der Waals surface area (Å²) in [6.07, 6.45) is 4.54. The quantitative estimate of drug-likeness (QED) is 0.309. The van der Waals surface area contributed by atoms with Crippen molar-refractivity contribution < 1.29 is 4.74 Å². The van der Waals surface area contributed by atoms with E-state index in [4.69, 9.17) is 10.5 Å². The van der Waals surface area contributed by atoms with Gasteiger partial charge in [-0.1, -0.05) is 19.9 Å². The van der Waals surface area contributed by atoms with E-state index in [2.05, 4.69) is 42.4 Å². The number of hydrogen-bond acceptors (Lipinski definition) is 2. The minimum atomic E-state index is 0. The van der Waals surface area contributed by atoms with Crippen LogP contribution in [-0.2, 0) is 17.6 Å². The number of aryl methyl sites for hydroxylation is 2. The molecule has 2 rings (SSSR count). The van der Waals surface area contributed by atoms with Crippen LogP contribution < -0.4 is 11.1 Å². The van der Waals surface area contributed by atoms with Gasteiger partial charge in [0, 0.05) is 25.4 Å². The van der Waals surface area contributed by atoms with Gasteiger partial charge in [-0.2, -0.15) is 0 Å². The van der Waals surface area contributed by atoms with Gasteiger partial charge in [-0.05, 0) is 54.9 Å². The number of benzene rings is 1. The van der Waals surface area contributed by atoms with Crippen LogP contribution in [0.25, 0.3) is 0 Å².